The standard InChI is InChI=1S/C10H14N2O4/c1-6(2)3-7-10(16)12(5-9(14)15)4-8(13)11-7/h3,6H,4-5H2,1-2H3,(H,11,13)(H,14,15)/b7-3+. The number of hydrogen-bond donors (Lipinski definition) is 2. The van der Waals surface area contributed by atoms with Crippen LogP contribution in [0, 0.1) is 5.92 Å². The van der Waals surface area contributed by atoms with E-state index in [9.17, 15) is 14.4 Å². The second kappa shape index (κ2) is 4.78. The summed E-state index contributed by atoms with van der Waals surface area (Å²) in [5.74, 6) is -1.85. The molecule has 0 aromatic heterocycles. The maximum Gasteiger partial charge on any atom is 0.323 e. The van der Waals surface area contributed by atoms with E-state index >= 15 is 0 Å². The summed E-state index contributed by atoms with van der Waals surface area (Å²) in [5.41, 5.74) is 0.160. The first-order valence-corrected chi connectivity index (χ1v) is 4.93. The summed E-state index contributed by atoms with van der Waals surface area (Å²) in [4.78, 5) is 34.5. The number of nitrogens with one attached hydrogen (secondary N) is 1. The first-order chi connectivity index (χ1) is 7.40. The van der Waals surface area contributed by atoms with E-state index in [1.807, 2.05) is 13.8 Å². The molecule has 2 N–H and O–H groups in total. The summed E-state index contributed by atoms with van der Waals surface area (Å²) in [6, 6.07) is 0. The van der Waals surface area contributed by atoms with Crippen molar-refractivity contribution in [3.63, 3.8) is 0 Å². The fourth-order valence-electron chi connectivity index (χ4n) is 1.40. The fourth-order valence-corrected chi connectivity index (χ4v) is 1.40. The van der Waals surface area contributed by atoms with Crippen molar-refractivity contribution in [1.29, 1.82) is 0 Å². The van der Waals surface area contributed by atoms with E-state index in [0.29, 0.717) is 0 Å². The Bertz CT molecular complexity index is 358. The largest absolute Gasteiger partial charge is 0.480 e. The fraction of sp³-hybridized carbons (Fsp3) is 0.500. The van der Waals surface area contributed by atoms with Gasteiger partial charge in [-0.1, -0.05) is 19.9 Å². The van der Waals surface area contributed by atoms with Gasteiger partial charge in [0.05, 0.1) is 0 Å². The number of amides is 2. The number of nitrogens with zero attached hydrogens (tertiary/aromatic N) is 1. The van der Waals surface area contributed by atoms with Crippen LogP contribution in [0.15, 0.2) is 11.8 Å². The Balaban J connectivity index is 2.86. The Hall–Kier alpha value is -1.85. The molecule has 1 fully saturated rings. The number of carboxylic acid groups (broad SMARTS) is 1. The highest BCUT2D eigenvalue weighted by atomic mass is 16.4. The topological polar surface area (TPSA) is 86.7 Å². The Morgan fingerprint density at radius 1 is 1.56 bits per heavy atom. The van der Waals surface area contributed by atoms with Crippen LogP contribution in [-0.4, -0.2) is 40.9 Å². The average Bonchev–Trinajstić information content (AvgIpc) is 2.11. The monoisotopic (exact) mass is 226 g/mol. The van der Waals surface area contributed by atoms with Crippen LogP contribution >= 0.6 is 0 Å². The molecule has 6 nitrogen and oxygen atoms in total. The maximum atomic E-state index is 11.7. The lowest BCUT2D eigenvalue weighted by molar-refractivity contribution is -0.146. The molecule has 1 saturated heterocycles. The second-order valence-electron chi connectivity index (χ2n) is 3.93. The smallest absolute Gasteiger partial charge is 0.323 e. The number of rotatable bonds is 3. The third kappa shape index (κ3) is 3.08. The zero-order valence-corrected chi connectivity index (χ0v) is 9.19. The molecule has 16 heavy (non-hydrogen) atoms. The molecule has 0 saturated carbocycles. The van der Waals surface area contributed by atoms with Gasteiger partial charge in [-0.05, 0) is 5.92 Å². The normalized spacial score (nSPS) is 19.2. The van der Waals surface area contributed by atoms with Crippen molar-refractivity contribution in [2.75, 3.05) is 13.1 Å². The number of carbonyl (C=O) groups excluding carboxylic acids is 2. The number of piperazine rings is 1. The molecule has 0 aliphatic carbocycles. The molecule has 0 aromatic rings. The minimum atomic E-state index is -1.13. The molecule has 0 spiro atoms. The molecule has 1 aliphatic heterocycles. The predicted octanol–water partition coefficient (Wildman–Crippen LogP) is -0.431. The number of aliphatic carboxylic acids is 1. The van der Waals surface area contributed by atoms with Crippen LogP contribution in [0.2, 0.25) is 0 Å². The highest BCUT2D eigenvalue weighted by molar-refractivity contribution is 6.04. The molecule has 2 amide bonds. The van der Waals surface area contributed by atoms with E-state index in [0.717, 1.165) is 4.90 Å². The van der Waals surface area contributed by atoms with Gasteiger partial charge in [-0.15, -0.1) is 0 Å². The first kappa shape index (κ1) is 12.2. The Morgan fingerprint density at radius 2 is 2.19 bits per heavy atom. The van der Waals surface area contributed by atoms with Gasteiger partial charge in [0.1, 0.15) is 18.8 Å². The zero-order valence-electron chi connectivity index (χ0n) is 9.19. The van der Waals surface area contributed by atoms with E-state index in [1.165, 1.54) is 0 Å². The molecule has 1 rings (SSSR count). The Kier molecular flexibility index (Phi) is 3.65. The summed E-state index contributed by atoms with van der Waals surface area (Å²) in [6.07, 6.45) is 1.61. The van der Waals surface area contributed by atoms with Crippen LogP contribution in [0.3, 0.4) is 0 Å². The lowest BCUT2D eigenvalue weighted by Gasteiger charge is -2.27. The van der Waals surface area contributed by atoms with Gasteiger partial charge >= 0.3 is 5.97 Å². The number of allylic oxidation sites excluding steroid dienone is 1. The van der Waals surface area contributed by atoms with Gasteiger partial charge in [0.25, 0.3) is 5.91 Å². The maximum absolute atomic E-state index is 11.7. The molecule has 1 aliphatic rings. The van der Waals surface area contributed by atoms with E-state index in [1.54, 1.807) is 6.08 Å². The summed E-state index contributed by atoms with van der Waals surface area (Å²) in [7, 11) is 0. The Labute approximate surface area is 92.9 Å². The third-order valence-corrected chi connectivity index (χ3v) is 1.95. The van der Waals surface area contributed by atoms with Crippen LogP contribution in [0.25, 0.3) is 0 Å². The van der Waals surface area contributed by atoms with E-state index < -0.39 is 18.4 Å². The van der Waals surface area contributed by atoms with Crippen LogP contribution in [0.4, 0.5) is 0 Å². The summed E-state index contributed by atoms with van der Waals surface area (Å²) < 4.78 is 0. The quantitative estimate of drug-likeness (QED) is 0.639. The number of carbonyl (C=O) groups is 3. The average molecular weight is 226 g/mol. The second-order valence-corrected chi connectivity index (χ2v) is 3.93. The Morgan fingerprint density at radius 3 is 2.69 bits per heavy atom. The molecule has 1 heterocycles. The summed E-state index contributed by atoms with van der Waals surface area (Å²) in [5, 5.41) is 11.0. The molecule has 88 valence electrons. The molecule has 6 heteroatoms. The van der Waals surface area contributed by atoms with Gasteiger partial charge in [-0.2, -0.15) is 0 Å². The zero-order chi connectivity index (χ0) is 12.3. The number of carboxylic acids is 1. The molecular formula is C10H14N2O4. The summed E-state index contributed by atoms with van der Waals surface area (Å²) in [6.45, 7) is 3.06. The van der Waals surface area contributed by atoms with Crippen molar-refractivity contribution >= 4 is 17.8 Å². The van der Waals surface area contributed by atoms with Crippen LogP contribution in [0.5, 0.6) is 0 Å². The lowest BCUT2D eigenvalue weighted by Crippen LogP contribution is -2.51. The highest BCUT2D eigenvalue weighted by Crippen LogP contribution is 2.08. The minimum Gasteiger partial charge on any atom is -0.480 e. The third-order valence-electron chi connectivity index (χ3n) is 1.95. The van der Waals surface area contributed by atoms with Crippen molar-refractivity contribution in [2.45, 2.75) is 13.8 Å². The van der Waals surface area contributed by atoms with E-state index in [4.69, 9.17) is 5.11 Å². The van der Waals surface area contributed by atoms with Crippen LogP contribution in [0.1, 0.15) is 13.8 Å². The van der Waals surface area contributed by atoms with Gasteiger partial charge in [0.2, 0.25) is 5.91 Å². The van der Waals surface area contributed by atoms with Crippen molar-refractivity contribution < 1.29 is 19.5 Å². The highest BCUT2D eigenvalue weighted by Gasteiger charge is 2.29. The van der Waals surface area contributed by atoms with Crippen LogP contribution in [-0.2, 0) is 14.4 Å². The van der Waals surface area contributed by atoms with Gasteiger partial charge in [0, 0.05) is 0 Å². The van der Waals surface area contributed by atoms with Crippen LogP contribution < -0.4 is 5.32 Å². The van der Waals surface area contributed by atoms with Crippen molar-refractivity contribution in [3.05, 3.63) is 11.8 Å². The van der Waals surface area contributed by atoms with Gasteiger partial charge in [0.15, 0.2) is 0 Å². The van der Waals surface area contributed by atoms with Gasteiger partial charge < -0.3 is 15.3 Å². The van der Waals surface area contributed by atoms with Crippen molar-refractivity contribution in [1.82, 2.24) is 10.2 Å². The van der Waals surface area contributed by atoms with Crippen molar-refractivity contribution in [3.8, 4) is 0 Å². The lowest BCUT2D eigenvalue weighted by atomic mass is 10.1. The van der Waals surface area contributed by atoms with E-state index in [2.05, 4.69) is 5.32 Å². The molecule has 0 bridgehead atoms. The van der Waals surface area contributed by atoms with Gasteiger partial charge in [-0.3, -0.25) is 14.4 Å². The van der Waals surface area contributed by atoms with E-state index in [-0.39, 0.29) is 24.1 Å². The SMILES string of the molecule is CC(C)/C=C1/NC(=O)CN(CC(=O)O)C1=O. The molecule has 0 unspecified atom stereocenters. The predicted molar refractivity (Wildman–Crippen MR) is 55.3 cm³/mol. The van der Waals surface area contributed by atoms with Gasteiger partial charge in [-0.25, -0.2) is 0 Å². The molecule has 0 aromatic carbocycles. The molecule has 0 radical (unpaired) electrons. The molecule has 0 atom stereocenters. The molecular weight excluding hydrogens is 212 g/mol. The minimum absolute atomic E-state index is 0.101. The summed E-state index contributed by atoms with van der Waals surface area (Å²) >= 11 is 0. The van der Waals surface area contributed by atoms with Crippen molar-refractivity contribution in [2.24, 2.45) is 5.92 Å². The number of hydrogen-bond acceptors (Lipinski definition) is 3. The first-order valence-electron chi connectivity index (χ1n) is 4.93.